The minimum Gasteiger partial charge on any atom is -0.369 e. The second-order valence-corrected chi connectivity index (χ2v) is 4.09. The van der Waals surface area contributed by atoms with E-state index in [4.69, 9.17) is 0 Å². The molecule has 1 aliphatic heterocycles. The summed E-state index contributed by atoms with van der Waals surface area (Å²) in [6, 6.07) is 11.4. The van der Waals surface area contributed by atoms with Crippen LogP contribution in [0, 0.1) is 6.07 Å². The lowest BCUT2D eigenvalue weighted by atomic mass is 10.2. The Labute approximate surface area is 92.5 Å². The van der Waals surface area contributed by atoms with Crippen LogP contribution in [-0.4, -0.2) is 37.6 Å². The molecule has 15 heavy (non-hydrogen) atoms. The van der Waals surface area contributed by atoms with Gasteiger partial charge in [-0.2, -0.15) is 0 Å². The molecule has 1 aromatic rings. The smallest absolute Gasteiger partial charge is 0.0373 e. The fourth-order valence-electron chi connectivity index (χ4n) is 2.13. The molecule has 0 aliphatic carbocycles. The highest BCUT2D eigenvalue weighted by molar-refractivity contribution is 5.45. The Balaban J connectivity index is 1.88. The number of anilines is 1. The molecule has 2 nitrogen and oxygen atoms in total. The first-order valence-corrected chi connectivity index (χ1v) is 5.83. The summed E-state index contributed by atoms with van der Waals surface area (Å²) in [5.41, 5.74) is 1.31. The maximum absolute atomic E-state index is 3.14. The standard InChI is InChI=1S/C13H19N2/c1-2-8-14-9-11-15(12-10-14)13-6-4-3-5-7-13/h3-4,6-7H,2,8-12H2,1H3. The Morgan fingerprint density at radius 3 is 2.67 bits per heavy atom. The van der Waals surface area contributed by atoms with Crippen molar-refractivity contribution in [3.63, 3.8) is 0 Å². The summed E-state index contributed by atoms with van der Waals surface area (Å²) >= 11 is 0. The molecule has 2 rings (SSSR count). The summed E-state index contributed by atoms with van der Waals surface area (Å²) in [4.78, 5) is 4.99. The predicted molar refractivity (Wildman–Crippen MR) is 64.2 cm³/mol. The van der Waals surface area contributed by atoms with Gasteiger partial charge < -0.3 is 4.90 Å². The third-order valence-corrected chi connectivity index (χ3v) is 2.97. The number of hydrogen-bond acceptors (Lipinski definition) is 2. The highest BCUT2D eigenvalue weighted by Crippen LogP contribution is 2.15. The zero-order chi connectivity index (χ0) is 10.5. The van der Waals surface area contributed by atoms with E-state index in [0.717, 1.165) is 13.1 Å². The molecule has 0 aromatic heterocycles. The average Bonchev–Trinajstić information content (AvgIpc) is 2.32. The van der Waals surface area contributed by atoms with Gasteiger partial charge in [-0.15, -0.1) is 0 Å². The maximum Gasteiger partial charge on any atom is 0.0373 e. The van der Waals surface area contributed by atoms with Crippen LogP contribution in [0.1, 0.15) is 13.3 Å². The Kier molecular flexibility index (Phi) is 3.62. The summed E-state index contributed by atoms with van der Waals surface area (Å²) in [7, 11) is 0. The van der Waals surface area contributed by atoms with Crippen molar-refractivity contribution in [2.75, 3.05) is 37.6 Å². The predicted octanol–water partition coefficient (Wildman–Crippen LogP) is 2.02. The summed E-state index contributed by atoms with van der Waals surface area (Å²) < 4.78 is 0. The van der Waals surface area contributed by atoms with Crippen molar-refractivity contribution in [2.45, 2.75) is 13.3 Å². The molecular weight excluding hydrogens is 184 g/mol. The van der Waals surface area contributed by atoms with Gasteiger partial charge in [0.25, 0.3) is 0 Å². The van der Waals surface area contributed by atoms with E-state index in [1.165, 1.54) is 31.7 Å². The Morgan fingerprint density at radius 1 is 1.27 bits per heavy atom. The summed E-state index contributed by atoms with van der Waals surface area (Å²) in [5, 5.41) is 0. The van der Waals surface area contributed by atoms with Gasteiger partial charge in [0.2, 0.25) is 0 Å². The number of nitrogens with zero attached hydrogens (tertiary/aromatic N) is 2. The molecule has 1 fully saturated rings. The van der Waals surface area contributed by atoms with E-state index in [-0.39, 0.29) is 0 Å². The quantitative estimate of drug-likeness (QED) is 0.741. The van der Waals surface area contributed by atoms with Gasteiger partial charge in [-0.1, -0.05) is 19.1 Å². The minimum absolute atomic E-state index is 1.15. The SMILES string of the molecule is CCCN1CCN(c2c[c]ccc2)CC1. The largest absolute Gasteiger partial charge is 0.369 e. The minimum atomic E-state index is 1.15. The normalized spacial score (nSPS) is 18.1. The first kappa shape index (κ1) is 10.5. The molecule has 2 heteroatoms. The molecule has 1 saturated heterocycles. The lowest BCUT2D eigenvalue weighted by Gasteiger charge is -2.35. The molecule has 1 aromatic carbocycles. The molecule has 1 aliphatic rings. The average molecular weight is 203 g/mol. The lowest BCUT2D eigenvalue weighted by Crippen LogP contribution is -2.46. The highest BCUT2D eigenvalue weighted by Gasteiger charge is 2.15. The Morgan fingerprint density at radius 2 is 2.07 bits per heavy atom. The molecule has 0 saturated carbocycles. The van der Waals surface area contributed by atoms with Crippen molar-refractivity contribution in [2.24, 2.45) is 0 Å². The number of benzene rings is 1. The molecular formula is C13H19N2. The van der Waals surface area contributed by atoms with E-state index >= 15 is 0 Å². The number of rotatable bonds is 3. The van der Waals surface area contributed by atoms with Crippen molar-refractivity contribution in [1.82, 2.24) is 4.90 Å². The maximum atomic E-state index is 3.14. The number of hydrogen-bond donors (Lipinski definition) is 0. The van der Waals surface area contributed by atoms with E-state index in [0.29, 0.717) is 0 Å². The van der Waals surface area contributed by atoms with Crippen LogP contribution in [0.2, 0.25) is 0 Å². The first-order chi connectivity index (χ1) is 7.40. The zero-order valence-corrected chi connectivity index (χ0v) is 9.45. The van der Waals surface area contributed by atoms with E-state index in [2.05, 4.69) is 41.0 Å². The molecule has 0 atom stereocenters. The Hall–Kier alpha value is -1.02. The van der Waals surface area contributed by atoms with E-state index in [1.54, 1.807) is 0 Å². The van der Waals surface area contributed by atoms with Crippen molar-refractivity contribution in [1.29, 1.82) is 0 Å². The molecule has 0 bridgehead atoms. The van der Waals surface area contributed by atoms with Crippen LogP contribution in [0.5, 0.6) is 0 Å². The Bertz CT molecular complexity index is 276. The summed E-state index contributed by atoms with van der Waals surface area (Å²) in [5.74, 6) is 0. The van der Waals surface area contributed by atoms with Crippen molar-refractivity contribution in [3.8, 4) is 0 Å². The van der Waals surface area contributed by atoms with Gasteiger partial charge in [-0.05, 0) is 31.2 Å². The van der Waals surface area contributed by atoms with Gasteiger partial charge in [0.05, 0.1) is 0 Å². The van der Waals surface area contributed by atoms with E-state index in [9.17, 15) is 0 Å². The van der Waals surface area contributed by atoms with Gasteiger partial charge in [0.15, 0.2) is 0 Å². The molecule has 81 valence electrons. The van der Waals surface area contributed by atoms with Gasteiger partial charge in [-0.3, -0.25) is 4.90 Å². The molecule has 1 radical (unpaired) electrons. The third kappa shape index (κ3) is 2.72. The van der Waals surface area contributed by atoms with Crippen LogP contribution in [0.25, 0.3) is 0 Å². The lowest BCUT2D eigenvalue weighted by molar-refractivity contribution is 0.258. The number of piperazine rings is 1. The highest BCUT2D eigenvalue weighted by atomic mass is 15.3. The second-order valence-electron chi connectivity index (χ2n) is 4.09. The van der Waals surface area contributed by atoms with Crippen LogP contribution in [-0.2, 0) is 0 Å². The van der Waals surface area contributed by atoms with Gasteiger partial charge in [0, 0.05) is 31.9 Å². The summed E-state index contributed by atoms with van der Waals surface area (Å²) in [6.07, 6.45) is 1.26. The fourth-order valence-corrected chi connectivity index (χ4v) is 2.13. The van der Waals surface area contributed by atoms with Crippen LogP contribution < -0.4 is 4.90 Å². The van der Waals surface area contributed by atoms with Crippen molar-refractivity contribution < 1.29 is 0 Å². The summed E-state index contributed by atoms with van der Waals surface area (Å²) in [6.45, 7) is 8.19. The molecule has 0 spiro atoms. The van der Waals surface area contributed by atoms with Crippen molar-refractivity contribution >= 4 is 5.69 Å². The molecule has 1 heterocycles. The van der Waals surface area contributed by atoms with Gasteiger partial charge >= 0.3 is 0 Å². The fraction of sp³-hybridized carbons (Fsp3) is 0.538. The topological polar surface area (TPSA) is 6.48 Å². The second kappa shape index (κ2) is 5.17. The van der Waals surface area contributed by atoms with E-state index in [1.807, 2.05) is 6.07 Å². The van der Waals surface area contributed by atoms with Gasteiger partial charge in [0.1, 0.15) is 0 Å². The molecule has 0 unspecified atom stereocenters. The first-order valence-electron chi connectivity index (χ1n) is 5.83. The van der Waals surface area contributed by atoms with Gasteiger partial charge in [-0.25, -0.2) is 0 Å². The molecule has 0 amide bonds. The third-order valence-electron chi connectivity index (χ3n) is 2.97. The zero-order valence-electron chi connectivity index (χ0n) is 9.45. The monoisotopic (exact) mass is 203 g/mol. The van der Waals surface area contributed by atoms with Crippen LogP contribution >= 0.6 is 0 Å². The van der Waals surface area contributed by atoms with E-state index < -0.39 is 0 Å². The molecule has 0 N–H and O–H groups in total. The van der Waals surface area contributed by atoms with Crippen LogP contribution in [0.4, 0.5) is 5.69 Å². The van der Waals surface area contributed by atoms with Crippen LogP contribution in [0.15, 0.2) is 24.3 Å². The van der Waals surface area contributed by atoms with Crippen molar-refractivity contribution in [3.05, 3.63) is 30.3 Å². The van der Waals surface area contributed by atoms with Crippen LogP contribution in [0.3, 0.4) is 0 Å².